The molecule has 0 aliphatic heterocycles. The van der Waals surface area contributed by atoms with Gasteiger partial charge in [-0.2, -0.15) is 12.6 Å². The molecule has 1 heterocycles. The fraction of sp³-hybridized carbons (Fsp3) is 0.429. The van der Waals surface area contributed by atoms with Crippen LogP contribution in [-0.4, -0.2) is 22.1 Å². The molecular weight excluding hydrogens is 244 g/mol. The van der Waals surface area contributed by atoms with Gasteiger partial charge in [0.1, 0.15) is 11.9 Å². The molecule has 1 aromatic heterocycles. The van der Waals surface area contributed by atoms with Gasteiger partial charge in [0.2, 0.25) is 0 Å². The van der Waals surface area contributed by atoms with E-state index >= 15 is 0 Å². The average Bonchev–Trinajstić information content (AvgIpc) is 2.49. The van der Waals surface area contributed by atoms with Gasteiger partial charge in [-0.1, -0.05) is 0 Å². The summed E-state index contributed by atoms with van der Waals surface area (Å²) in [6.45, 7) is 0. The molecule has 2 N–H and O–H groups in total. The molecule has 0 radical (unpaired) electrons. The van der Waals surface area contributed by atoms with Crippen LogP contribution in [0.4, 0.5) is 0 Å². The molecule has 1 aromatic rings. The number of aliphatic hydroxyl groups excluding tert-OH is 2. The summed E-state index contributed by atoms with van der Waals surface area (Å²) < 4.78 is 5.57. The maximum Gasteiger partial charge on any atom is 0.169 e. The molecule has 5 heteroatoms. The van der Waals surface area contributed by atoms with Crippen molar-refractivity contribution >= 4 is 28.6 Å². The third-order valence-electron chi connectivity index (χ3n) is 1.44. The van der Waals surface area contributed by atoms with E-state index in [1.807, 2.05) is 0 Å². The molecule has 0 amide bonds. The highest BCUT2D eigenvalue weighted by molar-refractivity contribution is 9.10. The largest absolute Gasteiger partial charge is 0.451 e. The molecule has 0 saturated heterocycles. The third kappa shape index (κ3) is 2.26. The highest BCUT2D eigenvalue weighted by atomic mass is 79.9. The molecule has 12 heavy (non-hydrogen) atoms. The Kier molecular flexibility index (Phi) is 3.64. The van der Waals surface area contributed by atoms with Crippen LogP contribution in [0.2, 0.25) is 0 Å². The summed E-state index contributed by atoms with van der Waals surface area (Å²) in [5.74, 6) is 0.530. The summed E-state index contributed by atoms with van der Waals surface area (Å²) in [5.41, 5.74) is 0. The summed E-state index contributed by atoms with van der Waals surface area (Å²) in [6, 6.07) is 3.26. The number of thiol groups is 1. The minimum Gasteiger partial charge on any atom is -0.451 e. The van der Waals surface area contributed by atoms with Crippen molar-refractivity contribution in [3.05, 3.63) is 22.6 Å². The predicted octanol–water partition coefficient (Wildman–Crippen LogP) is 1.37. The summed E-state index contributed by atoms with van der Waals surface area (Å²) in [6.07, 6.45) is -1.90. The second-order valence-electron chi connectivity index (χ2n) is 2.34. The van der Waals surface area contributed by atoms with E-state index in [-0.39, 0.29) is 5.75 Å². The quantitative estimate of drug-likeness (QED) is 0.713. The Balaban J connectivity index is 2.70. The van der Waals surface area contributed by atoms with Gasteiger partial charge in [0.05, 0.1) is 6.10 Å². The SMILES string of the molecule is OC(CS)C(O)c1ccc(Br)o1. The van der Waals surface area contributed by atoms with Crippen LogP contribution < -0.4 is 0 Å². The molecule has 2 unspecified atom stereocenters. The van der Waals surface area contributed by atoms with Gasteiger partial charge in [-0.3, -0.25) is 0 Å². The molecule has 0 fully saturated rings. The monoisotopic (exact) mass is 252 g/mol. The molecule has 1 rings (SSSR count). The number of hydrogen-bond donors (Lipinski definition) is 3. The lowest BCUT2D eigenvalue weighted by molar-refractivity contribution is 0.0194. The fourth-order valence-corrected chi connectivity index (χ4v) is 1.30. The molecular formula is C7H9BrO3S. The van der Waals surface area contributed by atoms with Gasteiger partial charge in [0, 0.05) is 5.75 Å². The molecule has 0 aliphatic carbocycles. The molecule has 0 aliphatic rings. The van der Waals surface area contributed by atoms with E-state index in [2.05, 4.69) is 28.6 Å². The van der Waals surface area contributed by atoms with E-state index in [1.165, 1.54) is 0 Å². The van der Waals surface area contributed by atoms with Gasteiger partial charge in [-0.05, 0) is 28.1 Å². The summed E-state index contributed by atoms with van der Waals surface area (Å²) >= 11 is 6.94. The highest BCUT2D eigenvalue weighted by Crippen LogP contribution is 2.22. The zero-order valence-electron chi connectivity index (χ0n) is 6.14. The normalized spacial score (nSPS) is 16.0. The predicted molar refractivity (Wildman–Crippen MR) is 51.2 cm³/mol. The Morgan fingerprint density at radius 3 is 2.58 bits per heavy atom. The van der Waals surface area contributed by atoms with Gasteiger partial charge in [-0.15, -0.1) is 0 Å². The first kappa shape index (κ1) is 10.1. The number of hydrogen-bond acceptors (Lipinski definition) is 4. The smallest absolute Gasteiger partial charge is 0.169 e. The Hall–Kier alpha value is 0.0300. The first-order valence-electron chi connectivity index (χ1n) is 3.37. The van der Waals surface area contributed by atoms with E-state index in [9.17, 15) is 10.2 Å². The molecule has 3 nitrogen and oxygen atoms in total. The molecule has 0 saturated carbocycles. The first-order chi connectivity index (χ1) is 5.65. The fourth-order valence-electron chi connectivity index (χ4n) is 0.777. The van der Waals surface area contributed by atoms with Crippen molar-refractivity contribution in [3.8, 4) is 0 Å². The zero-order valence-corrected chi connectivity index (χ0v) is 8.62. The van der Waals surface area contributed by atoms with E-state index in [0.717, 1.165) is 0 Å². The van der Waals surface area contributed by atoms with E-state index < -0.39 is 12.2 Å². The maximum atomic E-state index is 9.39. The van der Waals surface area contributed by atoms with Gasteiger partial charge in [0.25, 0.3) is 0 Å². The molecule has 0 aromatic carbocycles. The summed E-state index contributed by atoms with van der Waals surface area (Å²) in [5, 5.41) is 18.6. The van der Waals surface area contributed by atoms with Crippen LogP contribution in [0.25, 0.3) is 0 Å². The van der Waals surface area contributed by atoms with Crippen LogP contribution in [0.5, 0.6) is 0 Å². The Morgan fingerprint density at radius 1 is 1.50 bits per heavy atom. The van der Waals surface area contributed by atoms with Crippen molar-refractivity contribution in [2.24, 2.45) is 0 Å². The Bertz CT molecular complexity index is 251. The highest BCUT2D eigenvalue weighted by Gasteiger charge is 2.19. The maximum absolute atomic E-state index is 9.39. The van der Waals surface area contributed by atoms with Crippen molar-refractivity contribution < 1.29 is 14.6 Å². The second-order valence-corrected chi connectivity index (χ2v) is 3.48. The van der Waals surface area contributed by atoms with Gasteiger partial charge in [-0.25, -0.2) is 0 Å². The summed E-state index contributed by atoms with van der Waals surface area (Å²) in [4.78, 5) is 0. The molecule has 0 bridgehead atoms. The molecule has 0 spiro atoms. The minimum atomic E-state index is -1.01. The van der Waals surface area contributed by atoms with Crippen LogP contribution in [0.1, 0.15) is 11.9 Å². The van der Waals surface area contributed by atoms with Gasteiger partial charge < -0.3 is 14.6 Å². The lowest BCUT2D eigenvalue weighted by Crippen LogP contribution is -2.19. The van der Waals surface area contributed by atoms with Crippen LogP contribution >= 0.6 is 28.6 Å². The van der Waals surface area contributed by atoms with Crippen molar-refractivity contribution in [2.45, 2.75) is 12.2 Å². The zero-order chi connectivity index (χ0) is 9.14. The number of furan rings is 1. The minimum absolute atomic E-state index is 0.194. The van der Waals surface area contributed by atoms with Crippen molar-refractivity contribution in [1.29, 1.82) is 0 Å². The van der Waals surface area contributed by atoms with Crippen molar-refractivity contribution in [2.75, 3.05) is 5.75 Å². The van der Waals surface area contributed by atoms with Crippen LogP contribution in [0, 0.1) is 0 Å². The van der Waals surface area contributed by atoms with Crippen LogP contribution in [-0.2, 0) is 0 Å². The van der Waals surface area contributed by atoms with Crippen LogP contribution in [0.3, 0.4) is 0 Å². The van der Waals surface area contributed by atoms with E-state index in [4.69, 9.17) is 4.42 Å². The number of halogens is 1. The topological polar surface area (TPSA) is 53.6 Å². The van der Waals surface area contributed by atoms with E-state index in [0.29, 0.717) is 10.4 Å². The first-order valence-corrected chi connectivity index (χ1v) is 4.80. The second kappa shape index (κ2) is 4.32. The standard InChI is InChI=1S/C7H9BrO3S/c8-6-2-1-5(11-6)7(10)4(9)3-12/h1-2,4,7,9-10,12H,3H2. The summed E-state index contributed by atoms with van der Waals surface area (Å²) in [7, 11) is 0. The van der Waals surface area contributed by atoms with E-state index in [1.54, 1.807) is 12.1 Å². The van der Waals surface area contributed by atoms with Crippen molar-refractivity contribution in [1.82, 2.24) is 0 Å². The van der Waals surface area contributed by atoms with Crippen LogP contribution in [0.15, 0.2) is 21.2 Å². The van der Waals surface area contributed by atoms with Gasteiger partial charge in [0.15, 0.2) is 4.67 Å². The molecule has 2 atom stereocenters. The number of aliphatic hydroxyl groups is 2. The van der Waals surface area contributed by atoms with Crippen molar-refractivity contribution in [3.63, 3.8) is 0 Å². The Labute approximate surface area is 83.9 Å². The van der Waals surface area contributed by atoms with Gasteiger partial charge >= 0.3 is 0 Å². The molecule has 68 valence electrons. The number of rotatable bonds is 3. The Morgan fingerprint density at radius 2 is 2.17 bits per heavy atom. The average molecular weight is 253 g/mol. The lowest BCUT2D eigenvalue weighted by Gasteiger charge is -2.12. The lowest BCUT2D eigenvalue weighted by atomic mass is 10.2. The third-order valence-corrected chi connectivity index (χ3v) is 2.24.